The summed E-state index contributed by atoms with van der Waals surface area (Å²) in [6.07, 6.45) is 0.0746. The highest BCUT2D eigenvalue weighted by Crippen LogP contribution is 2.24. The van der Waals surface area contributed by atoms with Crippen molar-refractivity contribution in [1.82, 2.24) is 9.78 Å². The molecule has 1 aromatic heterocycles. The zero-order chi connectivity index (χ0) is 17.5. The van der Waals surface area contributed by atoms with Gasteiger partial charge in [-0.1, -0.05) is 65.0 Å². The van der Waals surface area contributed by atoms with Gasteiger partial charge in [-0.25, -0.2) is 0 Å². The van der Waals surface area contributed by atoms with E-state index in [0.29, 0.717) is 19.0 Å². The first-order chi connectivity index (χ1) is 10.9. The van der Waals surface area contributed by atoms with Crippen LogP contribution in [0.25, 0.3) is 0 Å². The molecule has 2 aromatic rings. The van der Waals surface area contributed by atoms with Gasteiger partial charge in [0, 0.05) is 17.2 Å². The van der Waals surface area contributed by atoms with E-state index in [4.69, 9.17) is 10.5 Å². The lowest BCUT2D eigenvalue weighted by atomic mass is 9.92. The van der Waals surface area contributed by atoms with Crippen molar-refractivity contribution >= 4 is 5.82 Å². The molecular formula is C19H31N3O. The van der Waals surface area contributed by atoms with Crippen molar-refractivity contribution in [2.75, 3.05) is 5.73 Å². The summed E-state index contributed by atoms with van der Waals surface area (Å²) >= 11 is 0. The summed E-state index contributed by atoms with van der Waals surface area (Å²) in [5.41, 5.74) is 8.18. The summed E-state index contributed by atoms with van der Waals surface area (Å²) < 4.78 is 7.87. The van der Waals surface area contributed by atoms with Crippen LogP contribution >= 0.6 is 0 Å². The highest BCUT2D eigenvalue weighted by atomic mass is 16.5. The molecule has 23 heavy (non-hydrogen) atoms. The highest BCUT2D eigenvalue weighted by Gasteiger charge is 2.21. The summed E-state index contributed by atoms with van der Waals surface area (Å²) in [6.45, 7) is 13.9. The predicted molar refractivity (Wildman–Crippen MR) is 97.4 cm³/mol. The van der Waals surface area contributed by atoms with Crippen LogP contribution in [0, 0.1) is 0 Å². The van der Waals surface area contributed by atoms with Gasteiger partial charge in [-0.3, -0.25) is 4.68 Å². The molecule has 2 rings (SSSR count). The highest BCUT2D eigenvalue weighted by molar-refractivity contribution is 5.32. The second-order valence-electron chi connectivity index (χ2n) is 6.49. The van der Waals surface area contributed by atoms with Gasteiger partial charge >= 0.3 is 0 Å². The first-order valence-electron chi connectivity index (χ1n) is 8.35. The number of rotatable bonds is 5. The van der Waals surface area contributed by atoms with Gasteiger partial charge in [0.25, 0.3) is 0 Å². The molecule has 1 aromatic carbocycles. The van der Waals surface area contributed by atoms with Crippen LogP contribution in [0.15, 0.2) is 36.4 Å². The van der Waals surface area contributed by atoms with E-state index >= 15 is 0 Å². The SMILES string of the molecule is CC.CC(Cn1nc(N)cc1C(C)(C)C)OCc1ccccc1. The maximum atomic E-state index is 5.91. The van der Waals surface area contributed by atoms with Crippen molar-refractivity contribution in [3.8, 4) is 0 Å². The van der Waals surface area contributed by atoms with Gasteiger partial charge in [0.15, 0.2) is 0 Å². The smallest absolute Gasteiger partial charge is 0.145 e. The summed E-state index contributed by atoms with van der Waals surface area (Å²) in [5, 5.41) is 4.39. The summed E-state index contributed by atoms with van der Waals surface area (Å²) in [5.74, 6) is 0.565. The van der Waals surface area contributed by atoms with Crippen LogP contribution < -0.4 is 5.73 Å². The molecule has 4 nitrogen and oxygen atoms in total. The van der Waals surface area contributed by atoms with E-state index in [1.807, 2.05) is 42.8 Å². The topological polar surface area (TPSA) is 53.1 Å². The number of benzene rings is 1. The quantitative estimate of drug-likeness (QED) is 0.889. The van der Waals surface area contributed by atoms with Crippen molar-refractivity contribution in [2.45, 2.75) is 66.2 Å². The molecule has 1 unspecified atom stereocenters. The number of hydrogen-bond acceptors (Lipinski definition) is 3. The third kappa shape index (κ3) is 6.06. The van der Waals surface area contributed by atoms with Gasteiger partial charge in [-0.15, -0.1) is 0 Å². The van der Waals surface area contributed by atoms with Gasteiger partial charge < -0.3 is 10.5 Å². The Morgan fingerprint density at radius 2 is 1.78 bits per heavy atom. The van der Waals surface area contributed by atoms with E-state index in [-0.39, 0.29) is 11.5 Å². The lowest BCUT2D eigenvalue weighted by molar-refractivity contribution is 0.0386. The maximum absolute atomic E-state index is 5.91. The molecule has 0 amide bonds. The fourth-order valence-corrected chi connectivity index (χ4v) is 2.29. The Morgan fingerprint density at radius 3 is 2.35 bits per heavy atom. The Hall–Kier alpha value is -1.81. The van der Waals surface area contributed by atoms with Crippen LogP contribution in [0.4, 0.5) is 5.82 Å². The van der Waals surface area contributed by atoms with Gasteiger partial charge in [-0.05, 0) is 12.5 Å². The molecule has 2 N–H and O–H groups in total. The first kappa shape index (κ1) is 19.2. The minimum atomic E-state index is 0.0176. The molecule has 4 heteroatoms. The van der Waals surface area contributed by atoms with E-state index in [2.05, 4.69) is 44.9 Å². The Labute approximate surface area is 140 Å². The molecule has 1 atom stereocenters. The number of anilines is 1. The second kappa shape index (κ2) is 8.73. The van der Waals surface area contributed by atoms with Crippen molar-refractivity contribution < 1.29 is 4.74 Å². The average Bonchev–Trinajstić information content (AvgIpc) is 2.89. The Morgan fingerprint density at radius 1 is 1.17 bits per heavy atom. The molecular weight excluding hydrogens is 286 g/mol. The summed E-state index contributed by atoms with van der Waals surface area (Å²) in [6, 6.07) is 12.1. The van der Waals surface area contributed by atoms with Crippen LogP contribution in [0.2, 0.25) is 0 Å². The maximum Gasteiger partial charge on any atom is 0.145 e. The van der Waals surface area contributed by atoms with E-state index in [1.54, 1.807) is 0 Å². The van der Waals surface area contributed by atoms with Crippen molar-refractivity contribution in [2.24, 2.45) is 0 Å². The monoisotopic (exact) mass is 317 g/mol. The van der Waals surface area contributed by atoms with Crippen molar-refractivity contribution in [1.29, 1.82) is 0 Å². The van der Waals surface area contributed by atoms with Crippen LogP contribution in [-0.4, -0.2) is 15.9 Å². The van der Waals surface area contributed by atoms with Crippen LogP contribution in [0.1, 0.15) is 52.8 Å². The van der Waals surface area contributed by atoms with E-state index in [0.717, 1.165) is 5.69 Å². The van der Waals surface area contributed by atoms with Crippen molar-refractivity contribution in [3.63, 3.8) is 0 Å². The minimum Gasteiger partial charge on any atom is -0.382 e. The average molecular weight is 317 g/mol. The number of hydrogen-bond donors (Lipinski definition) is 1. The van der Waals surface area contributed by atoms with Crippen LogP contribution in [-0.2, 0) is 23.3 Å². The molecule has 0 fully saturated rings. The number of nitrogens with two attached hydrogens (primary N) is 1. The zero-order valence-corrected chi connectivity index (χ0v) is 15.3. The Balaban J connectivity index is 0.00000127. The van der Waals surface area contributed by atoms with Gasteiger partial charge in [0.1, 0.15) is 5.82 Å². The van der Waals surface area contributed by atoms with Gasteiger partial charge in [-0.2, -0.15) is 5.10 Å². The fourth-order valence-electron chi connectivity index (χ4n) is 2.29. The Bertz CT molecular complexity index is 570. The third-order valence-corrected chi connectivity index (χ3v) is 3.37. The lowest BCUT2D eigenvalue weighted by Gasteiger charge is -2.22. The molecule has 0 spiro atoms. The molecule has 0 aliphatic carbocycles. The lowest BCUT2D eigenvalue weighted by Crippen LogP contribution is -2.24. The van der Waals surface area contributed by atoms with E-state index < -0.39 is 0 Å². The normalized spacial score (nSPS) is 12.4. The Kier molecular flexibility index (Phi) is 7.30. The molecule has 0 bridgehead atoms. The van der Waals surface area contributed by atoms with Gasteiger partial charge in [0.05, 0.1) is 19.3 Å². The largest absolute Gasteiger partial charge is 0.382 e. The first-order valence-corrected chi connectivity index (χ1v) is 8.35. The fraction of sp³-hybridized carbons (Fsp3) is 0.526. The molecule has 0 aliphatic heterocycles. The third-order valence-electron chi connectivity index (χ3n) is 3.37. The van der Waals surface area contributed by atoms with Crippen LogP contribution in [0.5, 0.6) is 0 Å². The second-order valence-corrected chi connectivity index (χ2v) is 6.49. The predicted octanol–water partition coefficient (Wildman–Crippen LogP) is 4.39. The molecule has 0 saturated heterocycles. The molecule has 0 aliphatic rings. The summed E-state index contributed by atoms with van der Waals surface area (Å²) in [7, 11) is 0. The number of nitrogen functional groups attached to an aromatic ring is 1. The number of aromatic nitrogens is 2. The number of nitrogens with zero attached hydrogens (tertiary/aromatic N) is 2. The minimum absolute atomic E-state index is 0.0176. The molecule has 128 valence electrons. The summed E-state index contributed by atoms with van der Waals surface area (Å²) in [4.78, 5) is 0. The standard InChI is InChI=1S/C17H25N3O.C2H6/c1-13(21-12-14-8-6-5-7-9-14)11-20-15(17(2,3)4)10-16(18)19-20;1-2/h5-10,13H,11-12H2,1-4H3,(H2,18,19);1-2H3. The van der Waals surface area contributed by atoms with Crippen molar-refractivity contribution in [3.05, 3.63) is 47.7 Å². The molecule has 0 radical (unpaired) electrons. The molecule has 1 heterocycles. The zero-order valence-electron chi connectivity index (χ0n) is 15.3. The van der Waals surface area contributed by atoms with E-state index in [9.17, 15) is 0 Å². The van der Waals surface area contributed by atoms with Gasteiger partial charge in [0.2, 0.25) is 0 Å². The van der Waals surface area contributed by atoms with Crippen LogP contribution in [0.3, 0.4) is 0 Å². The number of ether oxygens (including phenoxy) is 1. The van der Waals surface area contributed by atoms with E-state index in [1.165, 1.54) is 5.56 Å². The molecule has 0 saturated carbocycles.